The van der Waals surface area contributed by atoms with Gasteiger partial charge in [-0.05, 0) is 87.8 Å². The number of aryl methyl sites for hydroxylation is 2. The predicted molar refractivity (Wildman–Crippen MR) is 136 cm³/mol. The van der Waals surface area contributed by atoms with Crippen LogP contribution in [-0.4, -0.2) is 24.1 Å². The molecule has 184 valence electrons. The third-order valence-corrected chi connectivity index (χ3v) is 7.86. The van der Waals surface area contributed by atoms with Crippen LogP contribution in [0.3, 0.4) is 0 Å². The molecule has 4 rings (SSSR count). The van der Waals surface area contributed by atoms with Crippen LogP contribution in [0.1, 0.15) is 53.6 Å². The molecule has 0 radical (unpaired) electrons. The third kappa shape index (κ3) is 4.78. The first-order valence-corrected chi connectivity index (χ1v) is 13.2. The number of benzene rings is 2. The van der Waals surface area contributed by atoms with Crippen LogP contribution in [-0.2, 0) is 27.7 Å². The summed E-state index contributed by atoms with van der Waals surface area (Å²) in [5.74, 6) is -0.357. The Hall–Kier alpha value is -3.30. The number of fused-ring (bicyclic) bond motifs is 1. The minimum atomic E-state index is -3.94. The number of anilines is 1. The van der Waals surface area contributed by atoms with E-state index in [9.17, 15) is 18.0 Å². The maximum Gasteiger partial charge on any atom is 0.271 e. The van der Waals surface area contributed by atoms with E-state index in [0.717, 1.165) is 29.5 Å². The molecule has 0 fully saturated rings. The highest BCUT2D eigenvalue weighted by atomic mass is 32.2. The molecule has 1 aliphatic rings. The number of nitrogens with one attached hydrogen (secondary N) is 1. The highest BCUT2D eigenvalue weighted by molar-refractivity contribution is 7.89. The second-order valence-corrected chi connectivity index (χ2v) is 10.7. The van der Waals surface area contributed by atoms with Gasteiger partial charge in [0.25, 0.3) is 5.56 Å². The quantitative estimate of drug-likeness (QED) is 0.561. The van der Waals surface area contributed by atoms with Crippen LogP contribution in [0.25, 0.3) is 11.3 Å². The van der Waals surface area contributed by atoms with Gasteiger partial charge in [-0.2, -0.15) is 5.10 Å². The maximum absolute atomic E-state index is 13.4. The molecule has 1 aliphatic carbocycles. The molecule has 3 N–H and O–H groups in total. The average molecular weight is 495 g/mol. The van der Waals surface area contributed by atoms with Gasteiger partial charge in [-0.3, -0.25) is 9.59 Å². The minimum Gasteiger partial charge on any atom is -0.324 e. The monoisotopic (exact) mass is 494 g/mol. The number of nitrogens with two attached hydrogens (primary N) is 1. The summed E-state index contributed by atoms with van der Waals surface area (Å²) in [5, 5.41) is 13.0. The highest BCUT2D eigenvalue weighted by Crippen LogP contribution is 2.31. The molecule has 9 heteroatoms. The van der Waals surface area contributed by atoms with Gasteiger partial charge >= 0.3 is 0 Å². The SMILES string of the molecule is Cc1ccc(-c2nn([C@@H](C)C(=O)Nc3cccc(C)c3C)c(=O)c3c2CCCC3)cc1S(N)(=O)=O. The van der Waals surface area contributed by atoms with Crippen molar-refractivity contribution in [2.45, 2.75) is 64.3 Å². The van der Waals surface area contributed by atoms with Crippen molar-refractivity contribution in [1.29, 1.82) is 0 Å². The van der Waals surface area contributed by atoms with Crippen molar-refractivity contribution in [2.24, 2.45) is 5.14 Å². The lowest BCUT2D eigenvalue weighted by Crippen LogP contribution is -2.37. The first-order chi connectivity index (χ1) is 16.5. The maximum atomic E-state index is 13.4. The number of rotatable bonds is 5. The van der Waals surface area contributed by atoms with E-state index in [2.05, 4.69) is 10.4 Å². The fourth-order valence-electron chi connectivity index (χ4n) is 4.54. The number of carbonyl (C=O) groups excluding carboxylic acids is 1. The van der Waals surface area contributed by atoms with Gasteiger partial charge in [-0.15, -0.1) is 0 Å². The summed E-state index contributed by atoms with van der Waals surface area (Å²) in [6.07, 6.45) is 3.02. The molecule has 1 amide bonds. The topological polar surface area (TPSA) is 124 Å². The van der Waals surface area contributed by atoms with Crippen molar-refractivity contribution < 1.29 is 13.2 Å². The Kier molecular flexibility index (Phi) is 6.66. The number of primary sulfonamides is 1. The van der Waals surface area contributed by atoms with Gasteiger partial charge in [0.05, 0.1) is 10.6 Å². The number of amides is 1. The van der Waals surface area contributed by atoms with Gasteiger partial charge in [-0.25, -0.2) is 18.2 Å². The Bertz CT molecular complexity index is 1490. The molecule has 1 aromatic heterocycles. The van der Waals surface area contributed by atoms with Crippen LogP contribution in [0.4, 0.5) is 5.69 Å². The second kappa shape index (κ2) is 9.39. The van der Waals surface area contributed by atoms with Crippen molar-refractivity contribution in [3.63, 3.8) is 0 Å². The molecule has 3 aromatic rings. The summed E-state index contributed by atoms with van der Waals surface area (Å²) in [6.45, 7) is 7.21. The van der Waals surface area contributed by atoms with E-state index in [1.165, 1.54) is 10.7 Å². The van der Waals surface area contributed by atoms with Gasteiger partial charge in [0.1, 0.15) is 6.04 Å². The molecular weight excluding hydrogens is 464 g/mol. The second-order valence-electron chi connectivity index (χ2n) is 9.20. The van der Waals surface area contributed by atoms with Gasteiger partial charge in [0.15, 0.2) is 0 Å². The standard InChI is InChI=1S/C26H30N4O4S/c1-15-8-7-11-22(17(15)3)28-25(31)18(4)30-26(32)21-10-6-5-9-20(21)24(29-30)19-13-12-16(2)23(14-19)35(27,33)34/h7-8,11-14,18H,5-6,9-10H2,1-4H3,(H,28,31)(H2,27,33,34)/t18-/m0/s1. The van der Waals surface area contributed by atoms with Crippen molar-refractivity contribution >= 4 is 21.6 Å². The summed E-state index contributed by atoms with van der Waals surface area (Å²) in [6, 6.07) is 9.73. The molecule has 0 spiro atoms. The van der Waals surface area contributed by atoms with E-state index >= 15 is 0 Å². The van der Waals surface area contributed by atoms with Gasteiger partial charge < -0.3 is 5.32 Å². The summed E-state index contributed by atoms with van der Waals surface area (Å²) in [4.78, 5) is 26.6. The molecule has 0 unspecified atom stereocenters. The minimum absolute atomic E-state index is 0.0137. The molecule has 0 saturated carbocycles. The van der Waals surface area contributed by atoms with Crippen molar-refractivity contribution in [1.82, 2.24) is 9.78 Å². The van der Waals surface area contributed by atoms with Crippen LogP contribution in [0.15, 0.2) is 46.1 Å². The van der Waals surface area contributed by atoms with Crippen LogP contribution in [0.2, 0.25) is 0 Å². The molecule has 0 bridgehead atoms. The fraction of sp³-hybridized carbons (Fsp3) is 0.346. The normalized spacial score (nSPS) is 14.3. The Labute approximate surface area is 205 Å². The summed E-state index contributed by atoms with van der Waals surface area (Å²) >= 11 is 0. The highest BCUT2D eigenvalue weighted by Gasteiger charge is 2.26. The zero-order chi connectivity index (χ0) is 25.5. The fourth-order valence-corrected chi connectivity index (χ4v) is 5.35. The molecule has 0 saturated heterocycles. The molecule has 2 aromatic carbocycles. The van der Waals surface area contributed by atoms with E-state index < -0.39 is 16.1 Å². The predicted octanol–water partition coefficient (Wildman–Crippen LogP) is 3.56. The molecule has 1 atom stereocenters. The number of hydrogen-bond acceptors (Lipinski definition) is 5. The van der Waals surface area contributed by atoms with E-state index in [4.69, 9.17) is 5.14 Å². The number of sulfonamides is 1. The Morgan fingerprint density at radius 2 is 1.74 bits per heavy atom. The van der Waals surface area contributed by atoms with Crippen LogP contribution < -0.4 is 16.0 Å². The Balaban J connectivity index is 1.82. The molecule has 8 nitrogen and oxygen atoms in total. The van der Waals surface area contributed by atoms with Crippen LogP contribution in [0.5, 0.6) is 0 Å². The number of aromatic nitrogens is 2. The first-order valence-electron chi connectivity index (χ1n) is 11.6. The lowest BCUT2D eigenvalue weighted by atomic mass is 9.89. The number of nitrogens with zero attached hydrogens (tertiary/aromatic N) is 2. The van der Waals surface area contributed by atoms with Crippen molar-refractivity contribution in [3.05, 3.63) is 74.6 Å². The van der Waals surface area contributed by atoms with Crippen LogP contribution in [0, 0.1) is 20.8 Å². The zero-order valence-corrected chi connectivity index (χ0v) is 21.2. The lowest BCUT2D eigenvalue weighted by molar-refractivity contribution is -0.119. The van der Waals surface area contributed by atoms with Crippen molar-refractivity contribution in [2.75, 3.05) is 5.32 Å². The largest absolute Gasteiger partial charge is 0.324 e. The van der Waals surface area contributed by atoms with E-state index in [1.807, 2.05) is 32.0 Å². The summed E-state index contributed by atoms with van der Waals surface area (Å²) in [7, 11) is -3.94. The molecule has 0 aliphatic heterocycles. The summed E-state index contributed by atoms with van der Waals surface area (Å²) in [5.41, 5.74) is 5.43. The first kappa shape index (κ1) is 24.8. The molecule has 35 heavy (non-hydrogen) atoms. The smallest absolute Gasteiger partial charge is 0.271 e. The van der Waals surface area contributed by atoms with E-state index in [-0.39, 0.29) is 16.4 Å². The lowest BCUT2D eigenvalue weighted by Gasteiger charge is -2.23. The molecule has 1 heterocycles. The third-order valence-electron chi connectivity index (χ3n) is 6.80. The van der Waals surface area contributed by atoms with Crippen LogP contribution >= 0.6 is 0 Å². The zero-order valence-electron chi connectivity index (χ0n) is 20.4. The van der Waals surface area contributed by atoms with E-state index in [0.29, 0.717) is 40.9 Å². The van der Waals surface area contributed by atoms with Gasteiger partial charge in [0.2, 0.25) is 15.9 Å². The number of hydrogen-bond donors (Lipinski definition) is 2. The average Bonchev–Trinajstić information content (AvgIpc) is 2.82. The van der Waals surface area contributed by atoms with E-state index in [1.54, 1.807) is 26.0 Å². The van der Waals surface area contributed by atoms with Gasteiger partial charge in [0, 0.05) is 16.8 Å². The Morgan fingerprint density at radius 3 is 2.43 bits per heavy atom. The van der Waals surface area contributed by atoms with Crippen molar-refractivity contribution in [3.8, 4) is 11.3 Å². The summed E-state index contributed by atoms with van der Waals surface area (Å²) < 4.78 is 25.5. The Morgan fingerprint density at radius 1 is 1.06 bits per heavy atom. The molecular formula is C26H30N4O4S. The van der Waals surface area contributed by atoms with Gasteiger partial charge in [-0.1, -0.05) is 24.3 Å². The number of carbonyl (C=O) groups is 1.